The lowest BCUT2D eigenvalue weighted by molar-refractivity contribution is -0.0980. The molecule has 1 unspecified atom stereocenters. The molecule has 0 amide bonds. The predicted molar refractivity (Wildman–Crippen MR) is 197 cm³/mol. The molecule has 0 saturated heterocycles. The van der Waals surface area contributed by atoms with Gasteiger partial charge in [-0.25, -0.2) is 4.99 Å². The lowest BCUT2D eigenvalue weighted by Crippen LogP contribution is -2.51. The van der Waals surface area contributed by atoms with Gasteiger partial charge >= 0.3 is 0 Å². The van der Waals surface area contributed by atoms with E-state index in [0.717, 1.165) is 47.7 Å². The van der Waals surface area contributed by atoms with Crippen LogP contribution in [0.2, 0.25) is 0 Å². The van der Waals surface area contributed by atoms with Crippen LogP contribution in [-0.4, -0.2) is 85.7 Å². The van der Waals surface area contributed by atoms with Crippen LogP contribution in [0.25, 0.3) is 0 Å². The number of hydrogen-bond donors (Lipinski definition) is 4. The van der Waals surface area contributed by atoms with Gasteiger partial charge in [-0.3, -0.25) is 0 Å². The van der Waals surface area contributed by atoms with Crippen molar-refractivity contribution < 1.29 is 10.0 Å². The van der Waals surface area contributed by atoms with Crippen LogP contribution >= 0.6 is 11.8 Å². The number of carbonyl (C=O) groups is 1. The summed E-state index contributed by atoms with van der Waals surface area (Å²) in [5.41, 5.74) is 10.7. The first-order valence-corrected chi connectivity index (χ1v) is 15.2. The summed E-state index contributed by atoms with van der Waals surface area (Å²) >= 11 is 1.69. The quantitative estimate of drug-likeness (QED) is 0.152. The zero-order chi connectivity index (χ0) is 31.5. The van der Waals surface area contributed by atoms with Gasteiger partial charge in [-0.15, -0.1) is 6.58 Å². The van der Waals surface area contributed by atoms with Gasteiger partial charge in [0.1, 0.15) is 6.79 Å². The maximum atomic E-state index is 9.49. The van der Waals surface area contributed by atoms with E-state index in [2.05, 4.69) is 93.9 Å². The molecule has 10 heteroatoms. The molecule has 0 fully saturated rings. The molecule has 0 aliphatic carbocycles. The van der Waals surface area contributed by atoms with E-state index in [1.165, 1.54) is 11.3 Å². The molecule has 2 rings (SSSR count). The van der Waals surface area contributed by atoms with Crippen LogP contribution in [0, 0.1) is 5.41 Å². The van der Waals surface area contributed by atoms with Gasteiger partial charge in [-0.2, -0.15) is 5.06 Å². The van der Waals surface area contributed by atoms with Crippen molar-refractivity contribution in [2.75, 3.05) is 63.3 Å². The smallest absolute Gasteiger partial charge is 0.163 e. The third-order valence-electron chi connectivity index (χ3n) is 5.70. The van der Waals surface area contributed by atoms with Crippen LogP contribution in [0.1, 0.15) is 76.7 Å². The molecule has 0 spiro atoms. The Morgan fingerprint density at radius 1 is 1.21 bits per heavy atom. The average molecular weight is 628 g/mol. The Labute approximate surface area is 270 Å². The minimum absolute atomic E-state index is 0. The van der Waals surface area contributed by atoms with Crippen LogP contribution in [0.5, 0.6) is 0 Å². The molecule has 0 aromatic heterocycles. The molecule has 1 aliphatic rings. The molecular weight excluding hydrogens is 558 g/mol. The molecule has 1 aromatic rings. The first kappa shape index (κ1) is 50.3. The van der Waals surface area contributed by atoms with E-state index in [-0.39, 0.29) is 21.0 Å². The van der Waals surface area contributed by atoms with Crippen molar-refractivity contribution in [2.24, 2.45) is 16.1 Å². The van der Waals surface area contributed by atoms with Gasteiger partial charge in [0.05, 0.1) is 0 Å². The Hall–Kier alpha value is -2.37. The number of anilines is 2. The second kappa shape index (κ2) is 26.1. The normalized spacial score (nSPS) is 13.3. The number of likely N-dealkylation sites (N-methyl/N-ethyl adjacent to an activating group) is 2. The summed E-state index contributed by atoms with van der Waals surface area (Å²) in [5, 5.41) is 15.1. The average Bonchev–Trinajstić information content (AvgIpc) is 2.91. The SMILES string of the molecule is C.C.C=CC(C)(C)C.C=O.CC.CCCN(CC1=C(C)N=C(SC)N(C)C1)c1cccc(NCC(C)(N)CN(C)O)c1.N. The highest BCUT2D eigenvalue weighted by Crippen LogP contribution is 2.25. The summed E-state index contributed by atoms with van der Waals surface area (Å²) in [6.07, 6.45) is 5.08. The van der Waals surface area contributed by atoms with E-state index < -0.39 is 5.54 Å². The molecule has 0 radical (unpaired) electrons. The molecule has 7 N–H and O–H groups in total. The number of nitrogens with zero attached hydrogens (tertiary/aromatic N) is 4. The highest BCUT2D eigenvalue weighted by molar-refractivity contribution is 8.13. The van der Waals surface area contributed by atoms with Gasteiger partial charge in [0.2, 0.25) is 0 Å². The summed E-state index contributed by atoms with van der Waals surface area (Å²) in [5.74, 6) is 0. The van der Waals surface area contributed by atoms with Gasteiger partial charge < -0.3 is 37.0 Å². The van der Waals surface area contributed by atoms with Crippen molar-refractivity contribution in [2.45, 2.75) is 82.2 Å². The van der Waals surface area contributed by atoms with Crippen molar-refractivity contribution >= 4 is 35.1 Å². The summed E-state index contributed by atoms with van der Waals surface area (Å²) in [6.45, 7) is 26.0. The van der Waals surface area contributed by atoms with E-state index in [1.54, 1.807) is 18.8 Å². The third kappa shape index (κ3) is 21.9. The highest BCUT2D eigenvalue weighted by atomic mass is 32.2. The number of benzene rings is 1. The summed E-state index contributed by atoms with van der Waals surface area (Å²) in [6, 6.07) is 8.46. The van der Waals surface area contributed by atoms with Gasteiger partial charge in [0.15, 0.2) is 5.17 Å². The number of thioether (sulfide) groups is 1. The van der Waals surface area contributed by atoms with E-state index in [4.69, 9.17) is 15.5 Å². The number of hydrogen-bond acceptors (Lipinski definition) is 10. The first-order chi connectivity index (χ1) is 18.7. The monoisotopic (exact) mass is 628 g/mol. The fourth-order valence-electron chi connectivity index (χ4n) is 3.64. The minimum Gasteiger partial charge on any atom is -0.383 e. The van der Waals surface area contributed by atoms with E-state index in [9.17, 15) is 5.21 Å². The Bertz CT molecular complexity index is 913. The van der Waals surface area contributed by atoms with Crippen LogP contribution in [-0.2, 0) is 4.79 Å². The van der Waals surface area contributed by atoms with Crippen molar-refractivity contribution in [3.8, 4) is 0 Å². The second-order valence-corrected chi connectivity index (χ2v) is 11.8. The van der Waals surface area contributed by atoms with Crippen molar-refractivity contribution in [1.29, 1.82) is 0 Å². The molecule has 0 saturated carbocycles. The van der Waals surface area contributed by atoms with Crippen molar-refractivity contribution in [3.05, 3.63) is 48.2 Å². The number of nitrogens with two attached hydrogens (primary N) is 1. The minimum atomic E-state index is -0.537. The molecule has 9 nitrogen and oxygen atoms in total. The van der Waals surface area contributed by atoms with Gasteiger partial charge in [0, 0.05) is 69.4 Å². The number of nitrogens with one attached hydrogen (secondary N) is 1. The van der Waals surface area contributed by atoms with Gasteiger partial charge in [-0.05, 0) is 55.7 Å². The number of allylic oxidation sites excluding steroid dienone is 2. The molecular formula is C33H69N7O2S. The summed E-state index contributed by atoms with van der Waals surface area (Å²) < 4.78 is 0. The standard InChI is InChI=1S/C22H38N6OS.C6H12.C2H6.CH2O.2CH4.H3N/c1-7-11-28(14-18-13-26(4)21(30-6)25-17(18)2)20-10-8-9-19(12-20)24-15-22(3,23)16-27(5)29;1-5-6(2,3)4;2*1-2;;;/h8-10,12,24,29H,7,11,13-16,23H2,1-6H3;5H,1H2,2-4H3;1-2H3;1H2;2*1H4;1H3. The summed E-state index contributed by atoms with van der Waals surface area (Å²) in [4.78, 5) is 17.4. The van der Waals surface area contributed by atoms with Gasteiger partial charge in [-0.1, -0.05) is 80.3 Å². The summed E-state index contributed by atoms with van der Waals surface area (Å²) in [7, 11) is 3.71. The van der Waals surface area contributed by atoms with Crippen LogP contribution in [0.3, 0.4) is 0 Å². The lowest BCUT2D eigenvalue weighted by atomic mass is 9.98. The Balaban J connectivity index is -0.000000325. The Morgan fingerprint density at radius 3 is 2.19 bits per heavy atom. The van der Waals surface area contributed by atoms with Crippen LogP contribution < -0.4 is 22.1 Å². The maximum absolute atomic E-state index is 9.49. The van der Waals surface area contributed by atoms with Crippen LogP contribution in [0.15, 0.2) is 53.2 Å². The number of amidine groups is 1. The number of rotatable bonds is 10. The van der Waals surface area contributed by atoms with Crippen molar-refractivity contribution in [1.82, 2.24) is 16.1 Å². The van der Waals surface area contributed by atoms with E-state index in [0.29, 0.717) is 18.5 Å². The van der Waals surface area contributed by atoms with Gasteiger partial charge in [0.25, 0.3) is 0 Å². The molecule has 1 heterocycles. The molecule has 0 bridgehead atoms. The zero-order valence-corrected chi connectivity index (χ0v) is 28.7. The third-order valence-corrected chi connectivity index (χ3v) is 6.47. The molecule has 1 aromatic carbocycles. The fourth-order valence-corrected chi connectivity index (χ4v) is 4.24. The lowest BCUT2D eigenvalue weighted by Gasteiger charge is -2.32. The molecule has 254 valence electrons. The zero-order valence-electron chi connectivity index (χ0n) is 27.9. The molecule has 1 atom stereocenters. The predicted octanol–water partition coefficient (Wildman–Crippen LogP) is 7.79. The Morgan fingerprint density at radius 2 is 1.74 bits per heavy atom. The Kier molecular flexibility index (Phi) is 30.5. The fraction of sp³-hybridized carbons (Fsp3) is 0.636. The second-order valence-electron chi connectivity index (χ2n) is 11.0. The largest absolute Gasteiger partial charge is 0.383 e. The van der Waals surface area contributed by atoms with Crippen molar-refractivity contribution in [3.63, 3.8) is 0 Å². The topological polar surface area (TPSA) is 132 Å². The van der Waals surface area contributed by atoms with Crippen LogP contribution in [0.4, 0.5) is 11.4 Å². The molecule has 43 heavy (non-hydrogen) atoms. The number of hydroxylamine groups is 2. The van der Waals surface area contributed by atoms with E-state index >= 15 is 0 Å². The first-order valence-electron chi connectivity index (χ1n) is 13.9. The maximum Gasteiger partial charge on any atom is 0.163 e. The number of carbonyl (C=O) groups excluding carboxylic acids is 1. The molecule has 1 aliphatic heterocycles. The highest BCUT2D eigenvalue weighted by Gasteiger charge is 2.21. The number of aliphatic imine (C=N–C) groups is 1. The van der Waals surface area contributed by atoms with E-state index in [1.807, 2.05) is 33.6 Å².